The highest BCUT2D eigenvalue weighted by atomic mass is 19.1. The smallest absolute Gasteiger partial charge is 0.170 e. The van der Waals surface area contributed by atoms with E-state index in [9.17, 15) is 9.50 Å². The number of nitrogens with one attached hydrogen (secondary N) is 1. The summed E-state index contributed by atoms with van der Waals surface area (Å²) in [6.07, 6.45) is 0.0118. The second-order valence-electron chi connectivity index (χ2n) is 4.36. The summed E-state index contributed by atoms with van der Waals surface area (Å²) < 4.78 is 18.0. The quantitative estimate of drug-likeness (QED) is 0.182. The van der Waals surface area contributed by atoms with E-state index in [2.05, 4.69) is 10.5 Å². The topological polar surface area (TPSA) is 100 Å². The summed E-state index contributed by atoms with van der Waals surface area (Å²) in [5.74, 6) is -0.591. The molecule has 0 bridgehead atoms. The molecule has 1 aromatic carbocycles. The van der Waals surface area contributed by atoms with Crippen LogP contribution in [0.25, 0.3) is 0 Å². The minimum Gasteiger partial charge on any atom is -0.409 e. The Bertz CT molecular complexity index is 454. The molecular formula is C13H20FN3O3. The fraction of sp³-hybridized carbons (Fsp3) is 0.462. The molecule has 6 nitrogen and oxygen atoms in total. The summed E-state index contributed by atoms with van der Waals surface area (Å²) in [4.78, 5) is 0. The Morgan fingerprint density at radius 3 is 2.95 bits per heavy atom. The van der Waals surface area contributed by atoms with Crippen LogP contribution in [0.2, 0.25) is 0 Å². The number of benzene rings is 1. The van der Waals surface area contributed by atoms with E-state index >= 15 is 0 Å². The molecule has 0 aliphatic heterocycles. The normalized spacial score (nSPS) is 13.4. The maximum Gasteiger partial charge on any atom is 0.170 e. The highest BCUT2D eigenvalue weighted by Gasteiger charge is 2.09. The van der Waals surface area contributed by atoms with Gasteiger partial charge in [-0.05, 0) is 30.7 Å². The van der Waals surface area contributed by atoms with Gasteiger partial charge in [-0.3, -0.25) is 0 Å². The lowest BCUT2D eigenvalue weighted by Crippen LogP contribution is -2.24. The van der Waals surface area contributed by atoms with Gasteiger partial charge in [0, 0.05) is 19.2 Å². The first kappa shape index (κ1) is 16.4. The Balaban J connectivity index is 2.55. The van der Waals surface area contributed by atoms with Crippen molar-refractivity contribution in [1.29, 1.82) is 0 Å². The number of ether oxygens (including phenoxy) is 1. The molecule has 7 heteroatoms. The van der Waals surface area contributed by atoms with Gasteiger partial charge in [0.25, 0.3) is 0 Å². The summed E-state index contributed by atoms with van der Waals surface area (Å²) >= 11 is 0. The van der Waals surface area contributed by atoms with Crippen LogP contribution in [0, 0.1) is 5.82 Å². The molecule has 0 fully saturated rings. The van der Waals surface area contributed by atoms with E-state index in [0.29, 0.717) is 30.6 Å². The molecular weight excluding hydrogens is 265 g/mol. The van der Waals surface area contributed by atoms with E-state index in [1.165, 1.54) is 19.2 Å². The van der Waals surface area contributed by atoms with Crippen LogP contribution in [-0.4, -0.2) is 42.5 Å². The Morgan fingerprint density at radius 2 is 2.30 bits per heavy atom. The average Bonchev–Trinajstić information content (AvgIpc) is 2.44. The van der Waals surface area contributed by atoms with Gasteiger partial charge in [-0.25, -0.2) is 4.39 Å². The molecule has 0 aromatic heterocycles. The number of hydrogen-bond donors (Lipinski definition) is 4. The number of nitrogens with two attached hydrogens (primary N) is 1. The highest BCUT2D eigenvalue weighted by molar-refractivity contribution is 5.98. The minimum atomic E-state index is -0.524. The summed E-state index contributed by atoms with van der Waals surface area (Å²) in [6, 6.07) is 4.10. The van der Waals surface area contributed by atoms with Crippen LogP contribution in [0.1, 0.15) is 17.5 Å². The molecule has 112 valence electrons. The van der Waals surface area contributed by atoms with Crippen LogP contribution in [0.5, 0.6) is 0 Å². The lowest BCUT2D eigenvalue weighted by Gasteiger charge is -2.12. The first-order valence-electron chi connectivity index (χ1n) is 6.22. The third-order valence-electron chi connectivity index (χ3n) is 2.78. The van der Waals surface area contributed by atoms with Gasteiger partial charge in [0.2, 0.25) is 0 Å². The largest absolute Gasteiger partial charge is 0.409 e. The maximum absolute atomic E-state index is 13.2. The van der Waals surface area contributed by atoms with Crippen molar-refractivity contribution in [3.8, 4) is 0 Å². The second-order valence-corrected chi connectivity index (χ2v) is 4.36. The Kier molecular flexibility index (Phi) is 6.92. The van der Waals surface area contributed by atoms with Gasteiger partial charge in [-0.1, -0.05) is 11.2 Å². The fourth-order valence-corrected chi connectivity index (χ4v) is 1.76. The van der Waals surface area contributed by atoms with Crippen LogP contribution in [0.3, 0.4) is 0 Å². The van der Waals surface area contributed by atoms with Crippen LogP contribution in [0.4, 0.5) is 4.39 Å². The predicted octanol–water partition coefficient (Wildman–Crippen LogP) is 0.407. The zero-order chi connectivity index (χ0) is 15.0. The van der Waals surface area contributed by atoms with E-state index in [4.69, 9.17) is 15.7 Å². The van der Waals surface area contributed by atoms with E-state index in [1.807, 2.05) is 0 Å². The molecule has 0 aliphatic carbocycles. The fourth-order valence-electron chi connectivity index (χ4n) is 1.76. The zero-order valence-corrected chi connectivity index (χ0v) is 11.3. The molecule has 1 rings (SSSR count). The van der Waals surface area contributed by atoms with E-state index in [-0.39, 0.29) is 12.4 Å². The molecule has 1 unspecified atom stereocenters. The highest BCUT2D eigenvalue weighted by Crippen LogP contribution is 2.11. The van der Waals surface area contributed by atoms with Crippen molar-refractivity contribution in [1.82, 2.24) is 5.32 Å². The van der Waals surface area contributed by atoms with Gasteiger partial charge < -0.3 is 26.1 Å². The van der Waals surface area contributed by atoms with Crippen molar-refractivity contribution in [2.45, 2.75) is 19.1 Å². The third kappa shape index (κ3) is 5.12. The number of amidine groups is 1. The molecule has 0 spiro atoms. The van der Waals surface area contributed by atoms with Gasteiger partial charge in [-0.15, -0.1) is 0 Å². The van der Waals surface area contributed by atoms with Crippen molar-refractivity contribution in [3.63, 3.8) is 0 Å². The van der Waals surface area contributed by atoms with Crippen molar-refractivity contribution < 1.29 is 19.4 Å². The number of hydrogen-bond acceptors (Lipinski definition) is 5. The molecule has 0 aliphatic rings. The predicted molar refractivity (Wildman–Crippen MR) is 73.1 cm³/mol. The summed E-state index contributed by atoms with van der Waals surface area (Å²) in [6.45, 7) is 1.27. The first-order chi connectivity index (χ1) is 9.58. The number of halogens is 1. The van der Waals surface area contributed by atoms with Gasteiger partial charge in [0.1, 0.15) is 5.82 Å². The molecule has 1 aromatic rings. The Morgan fingerprint density at radius 1 is 1.55 bits per heavy atom. The molecule has 0 amide bonds. The first-order valence-corrected chi connectivity index (χ1v) is 6.22. The SMILES string of the molecule is COCC(O)CCNCc1ccc(F)cc1/C(N)=N/O. The van der Waals surface area contributed by atoms with Crippen molar-refractivity contribution in [2.75, 3.05) is 20.3 Å². The Hall–Kier alpha value is -1.70. The van der Waals surface area contributed by atoms with Crippen molar-refractivity contribution in [2.24, 2.45) is 10.9 Å². The summed E-state index contributed by atoms with van der Waals surface area (Å²) in [5, 5.41) is 24.1. The van der Waals surface area contributed by atoms with Gasteiger partial charge in [0.05, 0.1) is 12.7 Å². The number of aliphatic hydroxyl groups excluding tert-OH is 1. The molecule has 5 N–H and O–H groups in total. The molecule has 0 saturated heterocycles. The summed E-state index contributed by atoms with van der Waals surface area (Å²) in [5.41, 5.74) is 6.56. The third-order valence-corrected chi connectivity index (χ3v) is 2.78. The van der Waals surface area contributed by atoms with E-state index in [0.717, 1.165) is 0 Å². The summed E-state index contributed by atoms with van der Waals surface area (Å²) in [7, 11) is 1.53. The van der Waals surface area contributed by atoms with Crippen LogP contribution < -0.4 is 11.1 Å². The number of oxime groups is 1. The van der Waals surface area contributed by atoms with Crippen LogP contribution >= 0.6 is 0 Å². The average molecular weight is 285 g/mol. The minimum absolute atomic E-state index is 0.138. The van der Waals surface area contributed by atoms with Gasteiger partial charge in [0.15, 0.2) is 5.84 Å². The second kappa shape index (κ2) is 8.47. The lowest BCUT2D eigenvalue weighted by atomic mass is 10.1. The number of rotatable bonds is 8. The number of methoxy groups -OCH3 is 1. The van der Waals surface area contributed by atoms with E-state index < -0.39 is 11.9 Å². The lowest BCUT2D eigenvalue weighted by molar-refractivity contribution is 0.0594. The van der Waals surface area contributed by atoms with Crippen molar-refractivity contribution in [3.05, 3.63) is 35.1 Å². The Labute approximate surface area is 117 Å². The van der Waals surface area contributed by atoms with Gasteiger partial charge >= 0.3 is 0 Å². The van der Waals surface area contributed by atoms with Crippen LogP contribution in [0.15, 0.2) is 23.4 Å². The van der Waals surface area contributed by atoms with Crippen molar-refractivity contribution >= 4 is 5.84 Å². The zero-order valence-electron chi connectivity index (χ0n) is 11.3. The maximum atomic E-state index is 13.2. The van der Waals surface area contributed by atoms with Crippen LogP contribution in [-0.2, 0) is 11.3 Å². The molecule has 0 saturated carbocycles. The molecule has 20 heavy (non-hydrogen) atoms. The van der Waals surface area contributed by atoms with Gasteiger partial charge in [-0.2, -0.15) is 0 Å². The molecule has 0 heterocycles. The monoisotopic (exact) mass is 285 g/mol. The standard InChI is InChI=1S/C13H20FN3O3/c1-20-8-11(18)4-5-16-7-9-2-3-10(14)6-12(9)13(15)17-19/h2-3,6,11,16,18-19H,4-5,7-8H2,1H3,(H2,15,17). The number of nitrogens with zero attached hydrogens (tertiary/aromatic N) is 1. The molecule has 1 atom stereocenters. The molecule has 0 radical (unpaired) electrons. The number of aliphatic hydroxyl groups is 1. The van der Waals surface area contributed by atoms with E-state index in [1.54, 1.807) is 6.07 Å².